The average Bonchev–Trinajstić information content (AvgIpc) is 2.19. The van der Waals surface area contributed by atoms with Crippen LogP contribution in [0, 0.1) is 11.2 Å². The van der Waals surface area contributed by atoms with Crippen LogP contribution < -0.4 is 11.1 Å². The van der Waals surface area contributed by atoms with Crippen LogP contribution in [0.3, 0.4) is 0 Å². The smallest absolute Gasteiger partial charge is 0.241 e. The molecule has 0 radical (unpaired) electrons. The molecule has 1 aromatic carbocycles. The number of carbonyl (C=O) groups excluding carboxylic acids is 1. The summed E-state index contributed by atoms with van der Waals surface area (Å²) in [4.78, 5) is 11.8. The first kappa shape index (κ1) is 13.9. The van der Waals surface area contributed by atoms with E-state index in [2.05, 4.69) is 5.32 Å². The Morgan fingerprint density at radius 2 is 2.06 bits per heavy atom. The second kappa shape index (κ2) is 5.02. The zero-order chi connectivity index (χ0) is 13.2. The van der Waals surface area contributed by atoms with Crippen molar-refractivity contribution in [3.8, 4) is 0 Å². The Labute approximate surface area is 105 Å². The molecule has 0 bridgehead atoms. The highest BCUT2D eigenvalue weighted by atomic mass is 35.5. The minimum atomic E-state index is -0.711. The molecule has 1 rings (SSSR count). The zero-order valence-corrected chi connectivity index (χ0v) is 10.8. The minimum Gasteiger partial charge on any atom is -0.322 e. The highest BCUT2D eigenvalue weighted by Gasteiger charge is 2.27. The van der Waals surface area contributed by atoms with Crippen LogP contribution >= 0.6 is 11.6 Å². The number of nitrogens with one attached hydrogen (secondary N) is 1. The number of anilines is 1. The Hall–Kier alpha value is -1.13. The SMILES string of the molecule is CC(C)(C)C(N)C(=O)Nc1ccc(Cl)cc1F. The van der Waals surface area contributed by atoms with Crippen molar-refractivity contribution in [2.75, 3.05) is 5.32 Å². The Bertz CT molecular complexity index is 429. The van der Waals surface area contributed by atoms with Gasteiger partial charge in [-0.15, -0.1) is 0 Å². The van der Waals surface area contributed by atoms with E-state index in [4.69, 9.17) is 17.3 Å². The molecule has 0 aliphatic carbocycles. The van der Waals surface area contributed by atoms with E-state index in [0.29, 0.717) is 0 Å². The van der Waals surface area contributed by atoms with E-state index >= 15 is 0 Å². The molecule has 0 saturated carbocycles. The van der Waals surface area contributed by atoms with Gasteiger partial charge in [0.25, 0.3) is 0 Å². The fourth-order valence-corrected chi connectivity index (χ4v) is 1.35. The molecule has 0 aliphatic heterocycles. The maximum Gasteiger partial charge on any atom is 0.241 e. The van der Waals surface area contributed by atoms with Gasteiger partial charge in [-0.2, -0.15) is 0 Å². The van der Waals surface area contributed by atoms with Crippen LogP contribution in [-0.4, -0.2) is 11.9 Å². The van der Waals surface area contributed by atoms with E-state index in [1.807, 2.05) is 20.8 Å². The van der Waals surface area contributed by atoms with Gasteiger partial charge in [0, 0.05) is 5.02 Å². The fraction of sp³-hybridized carbons (Fsp3) is 0.417. The summed E-state index contributed by atoms with van der Waals surface area (Å²) in [5, 5.41) is 2.72. The van der Waals surface area contributed by atoms with Gasteiger partial charge in [0.15, 0.2) is 0 Å². The summed E-state index contributed by atoms with van der Waals surface area (Å²) >= 11 is 5.61. The highest BCUT2D eigenvalue weighted by molar-refractivity contribution is 6.30. The fourth-order valence-electron chi connectivity index (χ4n) is 1.19. The number of nitrogens with two attached hydrogens (primary N) is 1. The Morgan fingerprint density at radius 3 is 2.53 bits per heavy atom. The number of rotatable bonds is 2. The molecular weight excluding hydrogens is 243 g/mol. The lowest BCUT2D eigenvalue weighted by molar-refractivity contribution is -0.119. The van der Waals surface area contributed by atoms with Crippen molar-refractivity contribution in [2.24, 2.45) is 11.1 Å². The molecule has 3 nitrogen and oxygen atoms in total. The van der Waals surface area contributed by atoms with E-state index in [0.717, 1.165) is 6.07 Å². The lowest BCUT2D eigenvalue weighted by Crippen LogP contribution is -2.45. The summed E-state index contributed by atoms with van der Waals surface area (Å²) in [7, 11) is 0. The van der Waals surface area contributed by atoms with Gasteiger partial charge in [0.2, 0.25) is 5.91 Å². The number of amides is 1. The molecule has 1 aromatic rings. The molecule has 94 valence electrons. The van der Waals surface area contributed by atoms with Crippen molar-refractivity contribution in [2.45, 2.75) is 26.8 Å². The second-order valence-corrected chi connectivity index (χ2v) is 5.39. The third-order valence-electron chi connectivity index (χ3n) is 2.40. The van der Waals surface area contributed by atoms with Gasteiger partial charge in [0.1, 0.15) is 5.82 Å². The van der Waals surface area contributed by atoms with Crippen LogP contribution in [0.25, 0.3) is 0 Å². The average molecular weight is 259 g/mol. The summed E-state index contributed by atoms with van der Waals surface area (Å²) < 4.78 is 13.4. The minimum absolute atomic E-state index is 0.0825. The van der Waals surface area contributed by atoms with Crippen LogP contribution in [0.1, 0.15) is 20.8 Å². The number of benzene rings is 1. The van der Waals surface area contributed by atoms with E-state index in [1.54, 1.807) is 0 Å². The van der Waals surface area contributed by atoms with Crippen LogP contribution in [0.2, 0.25) is 5.02 Å². The summed E-state index contributed by atoms with van der Waals surface area (Å²) in [6.07, 6.45) is 0. The maximum atomic E-state index is 13.4. The van der Waals surface area contributed by atoms with Crippen molar-refractivity contribution in [1.29, 1.82) is 0 Å². The molecule has 0 aliphatic rings. The molecule has 0 aromatic heterocycles. The van der Waals surface area contributed by atoms with Crippen molar-refractivity contribution in [1.82, 2.24) is 0 Å². The number of halogens is 2. The quantitative estimate of drug-likeness (QED) is 0.857. The van der Waals surface area contributed by atoms with Crippen LogP contribution in [-0.2, 0) is 4.79 Å². The predicted octanol–water partition coefficient (Wildman–Crippen LogP) is 2.79. The largest absolute Gasteiger partial charge is 0.322 e. The molecule has 17 heavy (non-hydrogen) atoms. The van der Waals surface area contributed by atoms with Crippen LogP contribution in [0.4, 0.5) is 10.1 Å². The summed E-state index contributed by atoms with van der Waals surface area (Å²) in [5.74, 6) is -0.995. The monoisotopic (exact) mass is 258 g/mol. The summed E-state index contributed by atoms with van der Waals surface area (Å²) in [5.41, 5.74) is 5.46. The van der Waals surface area contributed by atoms with Crippen LogP contribution in [0.15, 0.2) is 18.2 Å². The Balaban J connectivity index is 2.82. The molecule has 0 spiro atoms. The first-order chi connectivity index (χ1) is 7.71. The van der Waals surface area contributed by atoms with Gasteiger partial charge in [-0.3, -0.25) is 4.79 Å². The van der Waals surface area contributed by atoms with E-state index in [1.165, 1.54) is 12.1 Å². The number of hydrogen-bond donors (Lipinski definition) is 2. The first-order valence-corrected chi connectivity index (χ1v) is 5.61. The lowest BCUT2D eigenvalue weighted by Gasteiger charge is -2.25. The zero-order valence-electron chi connectivity index (χ0n) is 10.1. The van der Waals surface area contributed by atoms with Crippen molar-refractivity contribution >= 4 is 23.2 Å². The highest BCUT2D eigenvalue weighted by Crippen LogP contribution is 2.22. The standard InChI is InChI=1S/C12H16ClFN2O/c1-12(2,3)10(15)11(17)16-9-5-4-7(13)6-8(9)14/h4-6,10H,15H2,1-3H3,(H,16,17). The number of hydrogen-bond acceptors (Lipinski definition) is 2. The van der Waals surface area contributed by atoms with E-state index in [9.17, 15) is 9.18 Å². The molecule has 0 saturated heterocycles. The molecule has 0 fully saturated rings. The van der Waals surface area contributed by atoms with Crippen molar-refractivity contribution in [3.05, 3.63) is 29.0 Å². The molecule has 1 atom stereocenters. The molecule has 0 heterocycles. The van der Waals surface area contributed by atoms with Gasteiger partial charge in [-0.05, 0) is 23.6 Å². The predicted molar refractivity (Wildman–Crippen MR) is 67.5 cm³/mol. The van der Waals surface area contributed by atoms with Gasteiger partial charge in [0.05, 0.1) is 11.7 Å². The van der Waals surface area contributed by atoms with Crippen LogP contribution in [0.5, 0.6) is 0 Å². The molecule has 1 amide bonds. The third-order valence-corrected chi connectivity index (χ3v) is 2.64. The molecule has 3 N–H and O–H groups in total. The van der Waals surface area contributed by atoms with E-state index in [-0.39, 0.29) is 16.1 Å². The topological polar surface area (TPSA) is 55.1 Å². The molecule has 1 unspecified atom stereocenters. The molecule has 5 heteroatoms. The van der Waals surface area contributed by atoms with Crippen molar-refractivity contribution < 1.29 is 9.18 Å². The van der Waals surface area contributed by atoms with Gasteiger partial charge >= 0.3 is 0 Å². The van der Waals surface area contributed by atoms with Gasteiger partial charge in [-0.1, -0.05) is 32.4 Å². The second-order valence-electron chi connectivity index (χ2n) is 4.96. The summed E-state index contributed by atoms with van der Waals surface area (Å²) in [6, 6.07) is 3.34. The Morgan fingerprint density at radius 1 is 1.47 bits per heavy atom. The normalized spacial score (nSPS) is 13.3. The van der Waals surface area contributed by atoms with E-state index < -0.39 is 17.8 Å². The first-order valence-electron chi connectivity index (χ1n) is 5.23. The number of carbonyl (C=O) groups is 1. The lowest BCUT2D eigenvalue weighted by atomic mass is 9.87. The van der Waals surface area contributed by atoms with Gasteiger partial charge in [-0.25, -0.2) is 4.39 Å². The third kappa shape index (κ3) is 3.68. The maximum absolute atomic E-state index is 13.4. The Kier molecular flexibility index (Phi) is 4.11. The summed E-state index contributed by atoms with van der Waals surface area (Å²) in [6.45, 7) is 5.53. The van der Waals surface area contributed by atoms with Gasteiger partial charge < -0.3 is 11.1 Å². The molecular formula is C12H16ClFN2O. The van der Waals surface area contributed by atoms with Crippen molar-refractivity contribution in [3.63, 3.8) is 0 Å².